The molecule has 0 radical (unpaired) electrons. The first kappa shape index (κ1) is 15.5. The molecule has 0 bridgehead atoms. The average Bonchev–Trinajstić information content (AvgIpc) is 2.93. The van der Waals surface area contributed by atoms with E-state index in [1.807, 2.05) is 0 Å². The summed E-state index contributed by atoms with van der Waals surface area (Å²) in [6, 6.07) is 10.1. The molecule has 0 spiro atoms. The van der Waals surface area contributed by atoms with E-state index in [4.69, 9.17) is 14.9 Å². The molecule has 0 saturated carbocycles. The lowest BCUT2D eigenvalue weighted by Gasteiger charge is -2.06. The molecule has 0 aliphatic carbocycles. The highest BCUT2D eigenvalue weighted by Gasteiger charge is 2.21. The number of anilines is 1. The van der Waals surface area contributed by atoms with Crippen molar-refractivity contribution in [2.45, 2.75) is 0 Å². The van der Waals surface area contributed by atoms with Crippen molar-refractivity contribution in [1.82, 2.24) is 0 Å². The van der Waals surface area contributed by atoms with Gasteiger partial charge in [-0.2, -0.15) is 0 Å². The number of methoxy groups -OCH3 is 1. The van der Waals surface area contributed by atoms with Crippen molar-refractivity contribution in [2.24, 2.45) is 5.73 Å². The van der Waals surface area contributed by atoms with E-state index in [0.29, 0.717) is 11.3 Å². The Hall–Kier alpha value is -3.35. The van der Waals surface area contributed by atoms with Gasteiger partial charge < -0.3 is 20.2 Å². The van der Waals surface area contributed by atoms with Crippen molar-refractivity contribution in [3.63, 3.8) is 0 Å². The van der Waals surface area contributed by atoms with Gasteiger partial charge in [-0.05, 0) is 42.5 Å². The normalized spacial score (nSPS) is 10.6. The maximum Gasteiger partial charge on any atom is 0.286 e. The van der Waals surface area contributed by atoms with E-state index in [1.54, 1.807) is 24.3 Å². The van der Waals surface area contributed by atoms with Crippen LogP contribution in [0.15, 0.2) is 46.9 Å². The molecule has 1 aromatic heterocycles. The van der Waals surface area contributed by atoms with Gasteiger partial charge in [0.05, 0.1) is 7.11 Å². The highest BCUT2D eigenvalue weighted by molar-refractivity contribution is 6.14. The fourth-order valence-corrected chi connectivity index (χ4v) is 2.30. The molecule has 7 heteroatoms. The molecule has 3 aromatic rings. The minimum atomic E-state index is -0.864. The number of carbonyl (C=O) groups is 2. The van der Waals surface area contributed by atoms with Gasteiger partial charge in [0.15, 0.2) is 0 Å². The Labute approximate surface area is 136 Å². The van der Waals surface area contributed by atoms with Crippen molar-refractivity contribution in [3.05, 3.63) is 59.6 Å². The van der Waals surface area contributed by atoms with Gasteiger partial charge in [-0.1, -0.05) is 0 Å². The van der Waals surface area contributed by atoms with Crippen LogP contribution in [0.25, 0.3) is 11.0 Å². The van der Waals surface area contributed by atoms with Crippen molar-refractivity contribution in [3.8, 4) is 5.75 Å². The molecule has 0 unspecified atom stereocenters. The number of primary amides is 1. The van der Waals surface area contributed by atoms with Gasteiger partial charge >= 0.3 is 0 Å². The minimum absolute atomic E-state index is 0.0396. The number of carbonyl (C=O) groups excluding carboxylic acids is 2. The summed E-state index contributed by atoms with van der Waals surface area (Å²) in [5.74, 6) is -1.53. The summed E-state index contributed by atoms with van der Waals surface area (Å²) in [7, 11) is 1.51. The molecule has 0 atom stereocenters. The van der Waals surface area contributed by atoms with E-state index in [1.165, 1.54) is 19.2 Å². The maximum absolute atomic E-state index is 13.5. The first-order chi connectivity index (χ1) is 11.5. The Morgan fingerprint density at radius 1 is 1.17 bits per heavy atom. The highest BCUT2D eigenvalue weighted by atomic mass is 19.1. The van der Waals surface area contributed by atoms with Crippen molar-refractivity contribution < 1.29 is 23.1 Å². The molecule has 0 saturated heterocycles. The summed E-state index contributed by atoms with van der Waals surface area (Å²) in [5, 5.41) is 2.81. The quantitative estimate of drug-likeness (QED) is 0.770. The molecule has 2 aromatic carbocycles. The summed E-state index contributed by atoms with van der Waals surface area (Å²) in [5.41, 5.74) is 5.89. The molecule has 0 fully saturated rings. The third kappa shape index (κ3) is 2.79. The van der Waals surface area contributed by atoms with Crippen LogP contribution >= 0.6 is 0 Å². The molecule has 1 heterocycles. The van der Waals surface area contributed by atoms with Crippen molar-refractivity contribution in [2.75, 3.05) is 12.4 Å². The van der Waals surface area contributed by atoms with Crippen LogP contribution in [-0.2, 0) is 0 Å². The number of rotatable bonds is 4. The molecule has 6 nitrogen and oxygen atoms in total. The number of hydrogen-bond donors (Lipinski definition) is 2. The lowest BCUT2D eigenvalue weighted by atomic mass is 10.1. The Kier molecular flexibility index (Phi) is 3.91. The number of nitrogens with two attached hydrogens (primary N) is 1. The van der Waals surface area contributed by atoms with Crippen LogP contribution < -0.4 is 15.8 Å². The third-order valence-corrected chi connectivity index (χ3v) is 3.46. The lowest BCUT2D eigenvalue weighted by Crippen LogP contribution is -2.17. The number of nitrogens with one attached hydrogen (secondary N) is 1. The van der Waals surface area contributed by atoms with E-state index in [9.17, 15) is 14.0 Å². The third-order valence-electron chi connectivity index (χ3n) is 3.46. The Morgan fingerprint density at radius 2 is 1.88 bits per heavy atom. The number of amides is 2. The highest BCUT2D eigenvalue weighted by Crippen LogP contribution is 2.31. The minimum Gasteiger partial charge on any atom is -0.497 e. The molecule has 0 aliphatic rings. The van der Waals surface area contributed by atoms with Gasteiger partial charge in [-0.3, -0.25) is 9.59 Å². The van der Waals surface area contributed by atoms with Gasteiger partial charge in [0.1, 0.15) is 22.8 Å². The molecule has 3 N–H and O–H groups in total. The summed E-state index contributed by atoms with van der Waals surface area (Å²) >= 11 is 0. The van der Waals surface area contributed by atoms with E-state index >= 15 is 0 Å². The van der Waals surface area contributed by atoms with Crippen LogP contribution in [0.4, 0.5) is 10.1 Å². The molecule has 0 aliphatic heterocycles. The fourth-order valence-electron chi connectivity index (χ4n) is 2.30. The molecular formula is C17H13FN2O4. The second-order valence-electron chi connectivity index (χ2n) is 4.99. The summed E-state index contributed by atoms with van der Waals surface area (Å²) in [6.07, 6.45) is 0. The number of ether oxygens (including phenoxy) is 1. The molecule has 122 valence electrons. The molecule has 3 rings (SSSR count). The zero-order valence-corrected chi connectivity index (χ0v) is 12.6. The average molecular weight is 328 g/mol. The fraction of sp³-hybridized carbons (Fsp3) is 0.0588. The lowest BCUT2D eigenvalue weighted by molar-refractivity contribution is 0.0977. The number of furan rings is 1. The number of benzene rings is 2. The molecular weight excluding hydrogens is 315 g/mol. The van der Waals surface area contributed by atoms with Crippen molar-refractivity contribution in [1.29, 1.82) is 0 Å². The summed E-state index contributed by atoms with van der Waals surface area (Å²) in [4.78, 5) is 23.9. The monoisotopic (exact) mass is 328 g/mol. The predicted octanol–water partition coefficient (Wildman–Crippen LogP) is 2.93. The number of halogens is 1. The van der Waals surface area contributed by atoms with Crippen LogP contribution in [0.3, 0.4) is 0 Å². The van der Waals surface area contributed by atoms with Gasteiger partial charge in [0.25, 0.3) is 11.8 Å². The van der Waals surface area contributed by atoms with Crippen LogP contribution in [0.5, 0.6) is 5.75 Å². The van der Waals surface area contributed by atoms with Crippen LogP contribution in [0.1, 0.15) is 20.9 Å². The van der Waals surface area contributed by atoms with E-state index in [0.717, 1.165) is 6.07 Å². The zero-order chi connectivity index (χ0) is 17.3. The van der Waals surface area contributed by atoms with Crippen molar-refractivity contribution >= 4 is 28.5 Å². The Morgan fingerprint density at radius 3 is 2.50 bits per heavy atom. The van der Waals surface area contributed by atoms with E-state index in [2.05, 4.69) is 5.32 Å². The van der Waals surface area contributed by atoms with E-state index in [-0.39, 0.29) is 22.4 Å². The van der Waals surface area contributed by atoms with Crippen LogP contribution in [0.2, 0.25) is 0 Å². The standard InChI is InChI=1S/C17H13FN2O4/c1-23-11-5-2-9(3-6-11)17(22)20-14-12-8-10(18)4-7-13(12)24-15(14)16(19)21/h2-8H,1H3,(H2,19,21)(H,20,22). The Bertz CT molecular complexity index is 932. The number of hydrogen-bond acceptors (Lipinski definition) is 4. The largest absolute Gasteiger partial charge is 0.497 e. The van der Waals surface area contributed by atoms with E-state index < -0.39 is 17.6 Å². The number of fused-ring (bicyclic) bond motifs is 1. The second kappa shape index (κ2) is 6.04. The van der Waals surface area contributed by atoms with Crippen LogP contribution in [-0.4, -0.2) is 18.9 Å². The first-order valence-electron chi connectivity index (χ1n) is 6.97. The summed E-state index contributed by atoms with van der Waals surface area (Å²) in [6.45, 7) is 0. The topological polar surface area (TPSA) is 94.6 Å². The second-order valence-corrected chi connectivity index (χ2v) is 4.99. The first-order valence-corrected chi connectivity index (χ1v) is 6.97. The molecule has 2 amide bonds. The molecule has 24 heavy (non-hydrogen) atoms. The maximum atomic E-state index is 13.5. The van der Waals surface area contributed by atoms with Gasteiger partial charge in [-0.15, -0.1) is 0 Å². The van der Waals surface area contributed by atoms with Crippen LogP contribution in [0, 0.1) is 5.82 Å². The smallest absolute Gasteiger partial charge is 0.286 e. The zero-order valence-electron chi connectivity index (χ0n) is 12.6. The SMILES string of the molecule is COc1ccc(C(=O)Nc2c(C(N)=O)oc3ccc(F)cc23)cc1. The predicted molar refractivity (Wildman–Crippen MR) is 85.6 cm³/mol. The summed E-state index contributed by atoms with van der Waals surface area (Å²) < 4.78 is 23.8. The van der Waals surface area contributed by atoms with Gasteiger partial charge in [0.2, 0.25) is 5.76 Å². The Balaban J connectivity index is 2.01. The van der Waals surface area contributed by atoms with Gasteiger partial charge in [-0.25, -0.2) is 4.39 Å². The van der Waals surface area contributed by atoms with Gasteiger partial charge in [0, 0.05) is 10.9 Å².